The van der Waals surface area contributed by atoms with Crippen LogP contribution in [0.5, 0.6) is 0 Å². The van der Waals surface area contributed by atoms with Crippen LogP contribution in [0.25, 0.3) is 0 Å². The van der Waals surface area contributed by atoms with E-state index in [1.807, 2.05) is 6.07 Å². The van der Waals surface area contributed by atoms with Gasteiger partial charge in [-0.05, 0) is 49.0 Å². The van der Waals surface area contributed by atoms with E-state index < -0.39 is 0 Å². The molecule has 0 bridgehead atoms. The fourth-order valence-corrected chi connectivity index (χ4v) is 4.67. The van der Waals surface area contributed by atoms with Crippen LogP contribution in [0, 0.1) is 0 Å². The summed E-state index contributed by atoms with van der Waals surface area (Å²) in [5.41, 5.74) is 5.17. The molecular formula is C20H23Cl2N3. The van der Waals surface area contributed by atoms with Gasteiger partial charge in [0.2, 0.25) is 0 Å². The summed E-state index contributed by atoms with van der Waals surface area (Å²) >= 11 is 12.9. The number of rotatable bonds is 2. The third-order valence-corrected chi connectivity index (χ3v) is 5.86. The Hall–Kier alpha value is -1.26. The largest absolute Gasteiger partial charge is 0.357 e. The van der Waals surface area contributed by atoms with E-state index in [0.717, 1.165) is 42.9 Å². The number of anilines is 1. The van der Waals surface area contributed by atoms with Crippen molar-refractivity contribution in [3.63, 3.8) is 0 Å². The van der Waals surface area contributed by atoms with Crippen molar-refractivity contribution >= 4 is 28.9 Å². The van der Waals surface area contributed by atoms with Crippen molar-refractivity contribution in [3.8, 4) is 0 Å². The topological polar surface area (TPSA) is 9.72 Å². The van der Waals surface area contributed by atoms with Gasteiger partial charge in [-0.15, -0.1) is 0 Å². The Labute approximate surface area is 159 Å². The van der Waals surface area contributed by atoms with Gasteiger partial charge in [0.15, 0.2) is 0 Å². The molecule has 0 aliphatic carbocycles. The van der Waals surface area contributed by atoms with E-state index >= 15 is 0 Å². The van der Waals surface area contributed by atoms with Crippen molar-refractivity contribution in [1.82, 2.24) is 9.80 Å². The van der Waals surface area contributed by atoms with Gasteiger partial charge in [-0.3, -0.25) is 4.90 Å². The first-order valence-electron chi connectivity index (χ1n) is 8.71. The van der Waals surface area contributed by atoms with Crippen molar-refractivity contribution in [2.75, 3.05) is 45.3 Å². The molecule has 2 aliphatic rings. The molecule has 2 heterocycles. The van der Waals surface area contributed by atoms with E-state index in [1.54, 1.807) is 0 Å². The van der Waals surface area contributed by atoms with Crippen LogP contribution in [0.3, 0.4) is 0 Å². The quantitative estimate of drug-likeness (QED) is 0.775. The highest BCUT2D eigenvalue weighted by atomic mass is 35.5. The van der Waals surface area contributed by atoms with Gasteiger partial charge < -0.3 is 9.80 Å². The molecule has 2 aromatic rings. The summed E-state index contributed by atoms with van der Waals surface area (Å²) in [6, 6.07) is 12.7. The summed E-state index contributed by atoms with van der Waals surface area (Å²) in [6.07, 6.45) is 0. The van der Waals surface area contributed by atoms with Crippen LogP contribution in [0.2, 0.25) is 10.0 Å². The molecule has 5 heteroatoms. The van der Waals surface area contributed by atoms with E-state index in [1.165, 1.54) is 22.4 Å². The van der Waals surface area contributed by atoms with Gasteiger partial charge in [0.25, 0.3) is 0 Å². The second-order valence-electron chi connectivity index (χ2n) is 7.25. The molecule has 132 valence electrons. The number of benzene rings is 2. The maximum absolute atomic E-state index is 6.52. The van der Waals surface area contributed by atoms with Crippen molar-refractivity contribution < 1.29 is 0 Å². The fraction of sp³-hybridized carbons (Fsp3) is 0.400. The second-order valence-corrected chi connectivity index (χ2v) is 8.09. The molecule has 1 atom stereocenters. The lowest BCUT2D eigenvalue weighted by molar-refractivity contribution is 0.295. The molecule has 0 aromatic heterocycles. The highest BCUT2D eigenvalue weighted by Gasteiger charge is 2.30. The maximum atomic E-state index is 6.52. The monoisotopic (exact) mass is 375 g/mol. The maximum Gasteiger partial charge on any atom is 0.0705 e. The minimum absolute atomic E-state index is 0.284. The van der Waals surface area contributed by atoms with Gasteiger partial charge >= 0.3 is 0 Å². The molecular weight excluding hydrogens is 353 g/mol. The molecule has 25 heavy (non-hydrogen) atoms. The number of likely N-dealkylation sites (N-methyl/N-ethyl adjacent to an activating group) is 2. The first-order chi connectivity index (χ1) is 12.0. The van der Waals surface area contributed by atoms with Crippen LogP contribution in [0.1, 0.15) is 22.6 Å². The van der Waals surface area contributed by atoms with Crippen molar-refractivity contribution in [2.45, 2.75) is 12.5 Å². The Bertz CT molecular complexity index is 793. The third kappa shape index (κ3) is 3.26. The van der Waals surface area contributed by atoms with Crippen LogP contribution in [-0.2, 0) is 6.54 Å². The zero-order valence-electron chi connectivity index (χ0n) is 14.7. The Morgan fingerprint density at radius 2 is 1.76 bits per heavy atom. The number of hydrogen-bond donors (Lipinski definition) is 0. The third-order valence-electron chi connectivity index (χ3n) is 5.31. The Morgan fingerprint density at radius 3 is 2.52 bits per heavy atom. The normalized spacial score (nSPS) is 21.6. The average Bonchev–Trinajstić information content (AvgIpc) is 3.01. The number of halogens is 2. The van der Waals surface area contributed by atoms with Crippen molar-refractivity contribution in [2.24, 2.45) is 0 Å². The lowest BCUT2D eigenvalue weighted by Gasteiger charge is -2.35. The molecule has 0 spiro atoms. The smallest absolute Gasteiger partial charge is 0.0705 e. The first-order valence-corrected chi connectivity index (χ1v) is 9.47. The predicted octanol–water partition coefficient (Wildman–Crippen LogP) is 4.28. The standard InChI is InChI=1S/C20H23Cl2N3/c1-23-7-8-25(13-23)20-6-4-3-5-15(20)17-11-24(2)12-18-16(17)9-14(21)10-19(18)22/h3-6,9-10,17H,7-8,11-13H2,1-2H3/t17-/m0/s1. The van der Waals surface area contributed by atoms with Crippen molar-refractivity contribution in [3.05, 3.63) is 63.1 Å². The number of fused-ring (bicyclic) bond motifs is 1. The zero-order valence-corrected chi connectivity index (χ0v) is 16.2. The second kappa shape index (κ2) is 6.81. The number of para-hydroxylation sites is 1. The van der Waals surface area contributed by atoms with E-state index in [0.29, 0.717) is 0 Å². The number of nitrogens with zero attached hydrogens (tertiary/aromatic N) is 3. The van der Waals surface area contributed by atoms with Gasteiger partial charge in [0.05, 0.1) is 6.67 Å². The highest BCUT2D eigenvalue weighted by molar-refractivity contribution is 6.35. The molecule has 1 fully saturated rings. The predicted molar refractivity (Wildman–Crippen MR) is 106 cm³/mol. The van der Waals surface area contributed by atoms with Crippen molar-refractivity contribution in [1.29, 1.82) is 0 Å². The molecule has 0 radical (unpaired) electrons. The lowest BCUT2D eigenvalue weighted by Crippen LogP contribution is -2.32. The van der Waals surface area contributed by atoms with E-state index in [-0.39, 0.29) is 5.92 Å². The average molecular weight is 376 g/mol. The first kappa shape index (κ1) is 17.2. The molecule has 1 saturated heterocycles. The van der Waals surface area contributed by atoms with Crippen LogP contribution in [0.15, 0.2) is 36.4 Å². The van der Waals surface area contributed by atoms with E-state index in [2.05, 4.69) is 59.1 Å². The number of hydrogen-bond acceptors (Lipinski definition) is 3. The van der Waals surface area contributed by atoms with Crippen LogP contribution >= 0.6 is 23.2 Å². The van der Waals surface area contributed by atoms with Crippen LogP contribution in [-0.4, -0.2) is 50.2 Å². The summed E-state index contributed by atoms with van der Waals surface area (Å²) in [4.78, 5) is 7.17. The molecule has 0 unspecified atom stereocenters. The summed E-state index contributed by atoms with van der Waals surface area (Å²) in [5, 5.41) is 1.49. The van der Waals surface area contributed by atoms with Gasteiger partial charge in [-0.2, -0.15) is 0 Å². The minimum Gasteiger partial charge on any atom is -0.357 e. The Morgan fingerprint density at radius 1 is 0.960 bits per heavy atom. The van der Waals surface area contributed by atoms with Crippen LogP contribution < -0.4 is 4.90 Å². The molecule has 2 aromatic carbocycles. The van der Waals surface area contributed by atoms with Gasteiger partial charge in [-0.1, -0.05) is 41.4 Å². The van der Waals surface area contributed by atoms with E-state index in [9.17, 15) is 0 Å². The minimum atomic E-state index is 0.284. The fourth-order valence-electron chi connectivity index (χ4n) is 4.10. The SMILES string of the molecule is CN1Cc2c(Cl)cc(Cl)cc2[C@H](c2ccccc2N2CCN(C)C2)C1. The van der Waals surface area contributed by atoms with E-state index in [4.69, 9.17) is 23.2 Å². The molecule has 4 rings (SSSR count). The molecule has 0 saturated carbocycles. The molecule has 3 nitrogen and oxygen atoms in total. The summed E-state index contributed by atoms with van der Waals surface area (Å²) < 4.78 is 0. The lowest BCUT2D eigenvalue weighted by atomic mass is 9.84. The molecule has 2 aliphatic heterocycles. The van der Waals surface area contributed by atoms with Gasteiger partial charge in [0, 0.05) is 47.8 Å². The Kier molecular flexibility index (Phi) is 4.67. The highest BCUT2D eigenvalue weighted by Crippen LogP contribution is 2.41. The summed E-state index contributed by atoms with van der Waals surface area (Å²) in [5.74, 6) is 0.284. The Balaban J connectivity index is 1.81. The molecule has 0 amide bonds. The van der Waals surface area contributed by atoms with Gasteiger partial charge in [0.1, 0.15) is 0 Å². The summed E-state index contributed by atoms with van der Waals surface area (Å²) in [7, 11) is 4.33. The zero-order chi connectivity index (χ0) is 17.6. The van der Waals surface area contributed by atoms with Crippen LogP contribution in [0.4, 0.5) is 5.69 Å². The molecule has 0 N–H and O–H groups in total. The van der Waals surface area contributed by atoms with Gasteiger partial charge in [-0.25, -0.2) is 0 Å². The summed E-state index contributed by atoms with van der Waals surface area (Å²) in [6.45, 7) is 5.00.